The van der Waals surface area contributed by atoms with E-state index in [9.17, 15) is 0 Å². The minimum absolute atomic E-state index is 0.440. The van der Waals surface area contributed by atoms with E-state index < -0.39 is 12.4 Å². The molecule has 2 aromatic rings. The molecule has 2 aromatic carbocycles. The van der Waals surface area contributed by atoms with E-state index in [0.717, 1.165) is 11.1 Å². The molecule has 0 aliphatic heterocycles. The van der Waals surface area contributed by atoms with Crippen molar-refractivity contribution in [1.82, 2.24) is 0 Å². The largest absolute Gasteiger partial charge is 0.330 e. The molecule has 0 saturated carbocycles. The maximum absolute atomic E-state index is 7.81. The van der Waals surface area contributed by atoms with Gasteiger partial charge in [-0.25, -0.2) is 0 Å². The van der Waals surface area contributed by atoms with Crippen molar-refractivity contribution >= 4 is 0 Å². The van der Waals surface area contributed by atoms with Crippen molar-refractivity contribution in [2.45, 2.75) is 5.92 Å². The highest BCUT2D eigenvalue weighted by molar-refractivity contribution is 5.32. The Hall–Kier alpha value is -1.60. The maximum atomic E-state index is 7.81. The highest BCUT2D eigenvalue weighted by Gasteiger charge is 2.10. The van der Waals surface area contributed by atoms with Gasteiger partial charge in [-0.15, -0.1) is 0 Å². The van der Waals surface area contributed by atoms with Crippen LogP contribution in [0.15, 0.2) is 60.7 Å². The van der Waals surface area contributed by atoms with Crippen molar-refractivity contribution < 1.29 is 2.74 Å². The summed E-state index contributed by atoms with van der Waals surface area (Å²) in [7, 11) is 0. The van der Waals surface area contributed by atoms with Crippen LogP contribution in [0.2, 0.25) is 0 Å². The van der Waals surface area contributed by atoms with Gasteiger partial charge < -0.3 is 5.73 Å². The summed E-state index contributed by atoms with van der Waals surface area (Å²) in [5, 5.41) is 0. The molecule has 0 radical (unpaired) electrons. The lowest BCUT2D eigenvalue weighted by Gasteiger charge is -2.15. The molecule has 0 bridgehead atoms. The monoisotopic (exact) mass is 199 g/mol. The third-order valence-corrected chi connectivity index (χ3v) is 2.43. The normalized spacial score (nSPS) is 13.5. The Labute approximate surface area is 93.4 Å². The standard InChI is InChI=1S/C14H15N/c15-11-14(12-7-3-1-4-8-12)13-9-5-2-6-10-13/h1-10,14H,11,15H2/i11D2. The van der Waals surface area contributed by atoms with Crippen molar-refractivity contribution in [1.29, 1.82) is 0 Å². The molecule has 0 saturated heterocycles. The zero-order valence-electron chi connectivity index (χ0n) is 10.4. The van der Waals surface area contributed by atoms with Gasteiger partial charge in [0.15, 0.2) is 0 Å². The van der Waals surface area contributed by atoms with Crippen molar-refractivity contribution in [2.75, 3.05) is 6.50 Å². The molecular formula is C14H15N. The second-order valence-corrected chi connectivity index (χ2v) is 3.42. The van der Waals surface area contributed by atoms with Crippen molar-refractivity contribution in [2.24, 2.45) is 5.73 Å². The molecule has 0 aliphatic carbocycles. The molecule has 15 heavy (non-hydrogen) atoms. The number of benzene rings is 2. The maximum Gasteiger partial charge on any atom is 0.0435 e. The second-order valence-electron chi connectivity index (χ2n) is 3.42. The summed E-state index contributed by atoms with van der Waals surface area (Å²) in [4.78, 5) is 0. The quantitative estimate of drug-likeness (QED) is 0.808. The van der Waals surface area contributed by atoms with E-state index in [2.05, 4.69) is 0 Å². The predicted molar refractivity (Wildman–Crippen MR) is 63.8 cm³/mol. The van der Waals surface area contributed by atoms with Gasteiger partial charge >= 0.3 is 0 Å². The van der Waals surface area contributed by atoms with Crippen molar-refractivity contribution in [3.63, 3.8) is 0 Å². The fraction of sp³-hybridized carbons (Fsp3) is 0.143. The van der Waals surface area contributed by atoms with Crippen LogP contribution in [-0.4, -0.2) is 6.50 Å². The molecule has 2 N–H and O–H groups in total. The Morgan fingerprint density at radius 2 is 1.27 bits per heavy atom. The first-order chi connectivity index (χ1) is 8.09. The third-order valence-electron chi connectivity index (χ3n) is 2.43. The average molecular weight is 199 g/mol. The lowest BCUT2D eigenvalue weighted by Crippen LogP contribution is -2.13. The molecular weight excluding hydrogens is 182 g/mol. The Balaban J connectivity index is 2.48. The summed E-state index contributed by atoms with van der Waals surface area (Å²) in [6.07, 6.45) is 0. The first-order valence-electron chi connectivity index (χ1n) is 5.98. The van der Waals surface area contributed by atoms with E-state index >= 15 is 0 Å². The number of rotatable bonds is 3. The van der Waals surface area contributed by atoms with Crippen molar-refractivity contribution in [3.8, 4) is 0 Å². The summed E-state index contributed by atoms with van der Waals surface area (Å²) in [6.45, 7) is -1.78. The highest BCUT2D eigenvalue weighted by atomic mass is 14.5. The fourth-order valence-corrected chi connectivity index (χ4v) is 1.68. The van der Waals surface area contributed by atoms with Crippen LogP contribution < -0.4 is 5.73 Å². The molecule has 0 spiro atoms. The molecule has 2 rings (SSSR count). The van der Waals surface area contributed by atoms with Crippen LogP contribution in [0, 0.1) is 0 Å². The van der Waals surface area contributed by atoms with Gasteiger partial charge in [-0.05, 0) is 11.1 Å². The first-order valence-corrected chi connectivity index (χ1v) is 4.98. The smallest absolute Gasteiger partial charge is 0.0435 e. The summed E-state index contributed by atoms with van der Waals surface area (Å²) in [6, 6.07) is 19.0. The summed E-state index contributed by atoms with van der Waals surface area (Å²) >= 11 is 0. The van der Waals surface area contributed by atoms with E-state index in [-0.39, 0.29) is 0 Å². The summed E-state index contributed by atoms with van der Waals surface area (Å²) < 4.78 is 15.6. The van der Waals surface area contributed by atoms with Crippen LogP contribution in [0.3, 0.4) is 0 Å². The minimum atomic E-state index is -1.78. The zero-order valence-corrected chi connectivity index (χ0v) is 8.43. The van der Waals surface area contributed by atoms with Gasteiger partial charge in [0, 0.05) is 15.2 Å². The molecule has 0 aliphatic rings. The Morgan fingerprint density at radius 1 is 0.867 bits per heavy atom. The van der Waals surface area contributed by atoms with Gasteiger partial charge in [-0.3, -0.25) is 0 Å². The Kier molecular flexibility index (Phi) is 2.43. The predicted octanol–water partition coefficient (Wildman–Crippen LogP) is 2.78. The second kappa shape index (κ2) is 4.76. The fourth-order valence-electron chi connectivity index (χ4n) is 1.68. The summed E-state index contributed by atoms with van der Waals surface area (Å²) in [5.74, 6) is -0.440. The van der Waals surface area contributed by atoms with E-state index in [1.807, 2.05) is 60.7 Å². The van der Waals surface area contributed by atoms with Crippen LogP contribution >= 0.6 is 0 Å². The lowest BCUT2D eigenvalue weighted by molar-refractivity contribution is 0.819. The van der Waals surface area contributed by atoms with E-state index in [1.54, 1.807) is 0 Å². The molecule has 0 heterocycles. The van der Waals surface area contributed by atoms with E-state index in [0.29, 0.717) is 0 Å². The SMILES string of the molecule is [2H]C([2H])(N)C(c1ccccc1)c1ccccc1. The van der Waals surface area contributed by atoms with Crippen LogP contribution in [0.5, 0.6) is 0 Å². The molecule has 0 atom stereocenters. The Morgan fingerprint density at radius 3 is 1.60 bits per heavy atom. The van der Waals surface area contributed by atoms with Gasteiger partial charge in [-0.2, -0.15) is 0 Å². The first kappa shape index (κ1) is 7.66. The van der Waals surface area contributed by atoms with Crippen LogP contribution in [0.1, 0.15) is 19.8 Å². The topological polar surface area (TPSA) is 26.0 Å². The van der Waals surface area contributed by atoms with Gasteiger partial charge in [0.2, 0.25) is 0 Å². The lowest BCUT2D eigenvalue weighted by atomic mass is 9.92. The van der Waals surface area contributed by atoms with Crippen LogP contribution in [-0.2, 0) is 0 Å². The van der Waals surface area contributed by atoms with Gasteiger partial charge in [-0.1, -0.05) is 60.7 Å². The Bertz CT molecular complexity index is 423. The van der Waals surface area contributed by atoms with Crippen LogP contribution in [0.4, 0.5) is 0 Å². The number of nitrogens with two attached hydrogens (primary N) is 1. The van der Waals surface area contributed by atoms with Crippen molar-refractivity contribution in [3.05, 3.63) is 71.8 Å². The van der Waals surface area contributed by atoms with Gasteiger partial charge in [0.1, 0.15) is 0 Å². The van der Waals surface area contributed by atoms with Crippen LogP contribution in [0.25, 0.3) is 0 Å². The molecule has 1 heteroatoms. The number of hydrogen-bond donors (Lipinski definition) is 1. The zero-order chi connectivity index (χ0) is 12.3. The molecule has 0 unspecified atom stereocenters. The molecule has 0 fully saturated rings. The van der Waals surface area contributed by atoms with E-state index in [1.165, 1.54) is 0 Å². The average Bonchev–Trinajstić information content (AvgIpc) is 2.30. The van der Waals surface area contributed by atoms with Gasteiger partial charge in [0.05, 0.1) is 0 Å². The highest BCUT2D eigenvalue weighted by Crippen LogP contribution is 2.22. The third kappa shape index (κ3) is 2.25. The minimum Gasteiger partial charge on any atom is -0.330 e. The molecule has 76 valence electrons. The number of hydrogen-bond acceptors (Lipinski definition) is 1. The van der Waals surface area contributed by atoms with E-state index in [4.69, 9.17) is 8.48 Å². The molecule has 0 amide bonds. The van der Waals surface area contributed by atoms with Gasteiger partial charge in [0.25, 0.3) is 0 Å². The molecule has 1 nitrogen and oxygen atoms in total. The molecule has 0 aromatic heterocycles. The summed E-state index contributed by atoms with van der Waals surface area (Å²) in [5.41, 5.74) is 7.47.